The average molecular weight is 702 g/mol. The third-order valence-corrected chi connectivity index (χ3v) is 10.3. The monoisotopic (exact) mass is 701 g/mol. The van der Waals surface area contributed by atoms with E-state index < -0.39 is 0 Å². The summed E-state index contributed by atoms with van der Waals surface area (Å²) in [6.45, 7) is 0. The summed E-state index contributed by atoms with van der Waals surface area (Å²) in [5, 5.41) is 0. The molecule has 9 aromatic rings. The molecule has 0 aliphatic rings. The molecule has 0 aromatic heterocycles. The van der Waals surface area contributed by atoms with Gasteiger partial charge in [0.2, 0.25) is 0 Å². The fourth-order valence-corrected chi connectivity index (χ4v) is 7.42. The highest BCUT2D eigenvalue weighted by atomic mass is 15.1. The number of nitrogens with zero attached hydrogens (tertiary/aromatic N) is 1. The molecule has 0 bridgehead atoms. The van der Waals surface area contributed by atoms with Crippen molar-refractivity contribution in [3.05, 3.63) is 237 Å². The summed E-state index contributed by atoms with van der Waals surface area (Å²) in [6, 6.07) is 84.9. The number of rotatable bonds is 9. The molecule has 1 nitrogen and oxygen atoms in total. The molecule has 0 fully saturated rings. The molecule has 9 aromatic carbocycles. The minimum atomic E-state index is 1.10. The summed E-state index contributed by atoms with van der Waals surface area (Å²) in [7, 11) is 0. The number of benzene rings is 9. The molecule has 0 amide bonds. The van der Waals surface area contributed by atoms with Crippen LogP contribution in [-0.2, 0) is 0 Å². The van der Waals surface area contributed by atoms with Crippen LogP contribution in [-0.4, -0.2) is 0 Å². The molecule has 0 saturated heterocycles. The number of hydrogen-bond donors (Lipinski definition) is 0. The Balaban J connectivity index is 1.10. The van der Waals surface area contributed by atoms with Crippen molar-refractivity contribution in [1.82, 2.24) is 0 Å². The third kappa shape index (κ3) is 7.25. The van der Waals surface area contributed by atoms with Gasteiger partial charge in [-0.25, -0.2) is 0 Å². The van der Waals surface area contributed by atoms with E-state index in [0.29, 0.717) is 0 Å². The molecule has 0 aliphatic heterocycles. The van der Waals surface area contributed by atoms with E-state index in [1.807, 2.05) is 0 Å². The molecule has 0 unspecified atom stereocenters. The van der Waals surface area contributed by atoms with E-state index in [0.717, 1.165) is 17.1 Å². The van der Waals surface area contributed by atoms with E-state index in [1.165, 1.54) is 66.8 Å². The average Bonchev–Trinajstić information content (AvgIpc) is 3.28. The lowest BCUT2D eigenvalue weighted by Gasteiger charge is -2.27. The minimum absolute atomic E-state index is 1.10. The molecule has 1 heteroatoms. The van der Waals surface area contributed by atoms with Crippen LogP contribution in [0.2, 0.25) is 0 Å². The van der Waals surface area contributed by atoms with Crippen molar-refractivity contribution in [3.8, 4) is 66.8 Å². The Labute approximate surface area is 324 Å². The van der Waals surface area contributed by atoms with Gasteiger partial charge in [-0.05, 0) is 103 Å². The lowest BCUT2D eigenvalue weighted by atomic mass is 9.92. The fourth-order valence-electron chi connectivity index (χ4n) is 7.42. The van der Waals surface area contributed by atoms with E-state index in [2.05, 4.69) is 241 Å². The van der Waals surface area contributed by atoms with Crippen molar-refractivity contribution >= 4 is 17.1 Å². The van der Waals surface area contributed by atoms with Gasteiger partial charge in [0.05, 0.1) is 0 Å². The Morgan fingerprint density at radius 3 is 0.800 bits per heavy atom. The standard InChI is InChI=1S/C54H39N/c1-5-13-40(14-6-1)43-21-23-44(24-22-43)45-25-27-49(28-26-45)53-38-37-52(39-54(53)48-19-11-4-12-20-48)55(50-33-29-46(30-34-50)41-15-7-2-8-16-41)51-35-31-47(32-36-51)42-17-9-3-10-18-42/h1-39H. The highest BCUT2D eigenvalue weighted by Gasteiger charge is 2.17. The van der Waals surface area contributed by atoms with Crippen LogP contribution < -0.4 is 4.90 Å². The first kappa shape index (κ1) is 33.6. The summed E-state index contributed by atoms with van der Waals surface area (Å²) >= 11 is 0. The van der Waals surface area contributed by atoms with Gasteiger partial charge in [0, 0.05) is 17.1 Å². The molecule has 55 heavy (non-hydrogen) atoms. The second-order valence-electron chi connectivity index (χ2n) is 13.8. The zero-order chi connectivity index (χ0) is 36.8. The molecule has 0 N–H and O–H groups in total. The first-order valence-corrected chi connectivity index (χ1v) is 18.8. The fraction of sp³-hybridized carbons (Fsp3) is 0. The van der Waals surface area contributed by atoms with E-state index in [9.17, 15) is 0 Å². The lowest BCUT2D eigenvalue weighted by molar-refractivity contribution is 1.28. The molecule has 9 rings (SSSR count). The molecule has 0 saturated carbocycles. The van der Waals surface area contributed by atoms with Crippen molar-refractivity contribution < 1.29 is 0 Å². The van der Waals surface area contributed by atoms with E-state index >= 15 is 0 Å². The van der Waals surface area contributed by atoms with Gasteiger partial charge in [-0.3, -0.25) is 0 Å². The van der Waals surface area contributed by atoms with Crippen molar-refractivity contribution in [2.45, 2.75) is 0 Å². The highest BCUT2D eigenvalue weighted by Crippen LogP contribution is 2.42. The predicted molar refractivity (Wildman–Crippen MR) is 234 cm³/mol. The van der Waals surface area contributed by atoms with Crippen LogP contribution in [0.3, 0.4) is 0 Å². The van der Waals surface area contributed by atoms with E-state index in [-0.39, 0.29) is 0 Å². The molecule has 260 valence electrons. The summed E-state index contributed by atoms with van der Waals surface area (Å²) in [5.41, 5.74) is 17.7. The highest BCUT2D eigenvalue weighted by molar-refractivity contribution is 5.90. The van der Waals surface area contributed by atoms with Crippen molar-refractivity contribution in [3.63, 3.8) is 0 Å². The van der Waals surface area contributed by atoms with Crippen molar-refractivity contribution in [2.75, 3.05) is 4.90 Å². The van der Waals surface area contributed by atoms with Gasteiger partial charge in [0.15, 0.2) is 0 Å². The Morgan fingerprint density at radius 2 is 0.436 bits per heavy atom. The van der Waals surface area contributed by atoms with Gasteiger partial charge in [-0.15, -0.1) is 0 Å². The topological polar surface area (TPSA) is 3.24 Å². The molecular formula is C54H39N. The van der Waals surface area contributed by atoms with Crippen LogP contribution in [0.1, 0.15) is 0 Å². The van der Waals surface area contributed by atoms with Crippen LogP contribution in [0.4, 0.5) is 17.1 Å². The van der Waals surface area contributed by atoms with E-state index in [4.69, 9.17) is 0 Å². The van der Waals surface area contributed by atoms with Gasteiger partial charge in [-0.1, -0.05) is 200 Å². The number of hydrogen-bond acceptors (Lipinski definition) is 1. The first-order chi connectivity index (χ1) is 27.3. The predicted octanol–water partition coefficient (Wildman–Crippen LogP) is 15.2. The van der Waals surface area contributed by atoms with Gasteiger partial charge < -0.3 is 4.90 Å². The smallest absolute Gasteiger partial charge is 0.0468 e. The summed E-state index contributed by atoms with van der Waals surface area (Å²) in [5.74, 6) is 0. The van der Waals surface area contributed by atoms with Gasteiger partial charge in [-0.2, -0.15) is 0 Å². The zero-order valence-electron chi connectivity index (χ0n) is 30.5. The second kappa shape index (κ2) is 15.4. The summed E-state index contributed by atoms with van der Waals surface area (Å²) in [4.78, 5) is 2.36. The number of anilines is 3. The second-order valence-corrected chi connectivity index (χ2v) is 13.8. The SMILES string of the molecule is c1ccc(-c2ccc(-c3ccc(-c4ccc(N(c5ccc(-c6ccccc6)cc5)c5ccc(-c6ccccc6)cc5)cc4-c4ccccc4)cc3)cc2)cc1. The molecule has 0 atom stereocenters. The quantitative estimate of drug-likeness (QED) is 0.145. The van der Waals surface area contributed by atoms with Gasteiger partial charge in [0.1, 0.15) is 0 Å². The Morgan fingerprint density at radius 1 is 0.182 bits per heavy atom. The minimum Gasteiger partial charge on any atom is -0.310 e. The zero-order valence-corrected chi connectivity index (χ0v) is 30.5. The summed E-state index contributed by atoms with van der Waals surface area (Å²) in [6.07, 6.45) is 0. The Kier molecular flexibility index (Phi) is 9.41. The van der Waals surface area contributed by atoms with E-state index in [1.54, 1.807) is 0 Å². The van der Waals surface area contributed by atoms with Crippen molar-refractivity contribution in [2.24, 2.45) is 0 Å². The maximum Gasteiger partial charge on any atom is 0.0468 e. The van der Waals surface area contributed by atoms with Crippen LogP contribution in [0.25, 0.3) is 66.8 Å². The van der Waals surface area contributed by atoms with Crippen LogP contribution in [0, 0.1) is 0 Å². The lowest BCUT2D eigenvalue weighted by Crippen LogP contribution is -2.10. The van der Waals surface area contributed by atoms with Gasteiger partial charge >= 0.3 is 0 Å². The van der Waals surface area contributed by atoms with Crippen LogP contribution >= 0.6 is 0 Å². The van der Waals surface area contributed by atoms with Gasteiger partial charge in [0.25, 0.3) is 0 Å². The maximum atomic E-state index is 2.36. The Bertz CT molecular complexity index is 2530. The molecule has 0 spiro atoms. The molecule has 0 heterocycles. The largest absolute Gasteiger partial charge is 0.310 e. The third-order valence-electron chi connectivity index (χ3n) is 10.3. The van der Waals surface area contributed by atoms with Crippen molar-refractivity contribution in [1.29, 1.82) is 0 Å². The first-order valence-electron chi connectivity index (χ1n) is 18.8. The maximum absolute atomic E-state index is 2.36. The van der Waals surface area contributed by atoms with Crippen LogP contribution in [0.5, 0.6) is 0 Å². The summed E-state index contributed by atoms with van der Waals surface area (Å²) < 4.78 is 0. The molecule has 0 radical (unpaired) electrons. The van der Waals surface area contributed by atoms with Crippen LogP contribution in [0.15, 0.2) is 237 Å². The molecule has 0 aliphatic carbocycles. The molecular weight excluding hydrogens is 663 g/mol. The normalized spacial score (nSPS) is 10.9. The Hall–Kier alpha value is -7.22.